The van der Waals surface area contributed by atoms with E-state index in [1.54, 1.807) is 24.1 Å². The van der Waals surface area contributed by atoms with Crippen molar-refractivity contribution in [1.82, 2.24) is 14.1 Å². The molecule has 30 heavy (non-hydrogen) atoms. The summed E-state index contributed by atoms with van der Waals surface area (Å²) < 4.78 is 26.8. The number of benzene rings is 2. The zero-order chi connectivity index (χ0) is 21.9. The zero-order valence-corrected chi connectivity index (χ0v) is 19.2. The summed E-state index contributed by atoms with van der Waals surface area (Å²) in [4.78, 5) is 17.2. The van der Waals surface area contributed by atoms with Crippen LogP contribution < -0.4 is 0 Å². The van der Waals surface area contributed by atoms with Crippen LogP contribution in [0.4, 0.5) is 0 Å². The third kappa shape index (κ3) is 5.21. The van der Waals surface area contributed by atoms with E-state index in [0.717, 1.165) is 24.7 Å². The first-order valence-electron chi connectivity index (χ1n) is 10.0. The molecule has 0 unspecified atom stereocenters. The van der Waals surface area contributed by atoms with Crippen molar-refractivity contribution < 1.29 is 13.2 Å². The Balaban J connectivity index is 1.64. The van der Waals surface area contributed by atoms with Gasteiger partial charge in [-0.3, -0.25) is 9.69 Å². The number of amides is 1. The molecule has 2 aromatic rings. The molecule has 3 rings (SSSR count). The largest absolute Gasteiger partial charge is 0.336 e. The SMILES string of the molecule is CC(C)N(C)S(=O)(=O)c1cccc(C(=O)N2CCN(Cc3ccc(Cl)cc3)CC2)c1. The second-order valence-electron chi connectivity index (χ2n) is 7.84. The second kappa shape index (κ2) is 9.47. The Morgan fingerprint density at radius 2 is 1.70 bits per heavy atom. The summed E-state index contributed by atoms with van der Waals surface area (Å²) in [5.74, 6) is -0.134. The molecule has 1 heterocycles. The van der Waals surface area contributed by atoms with E-state index in [2.05, 4.69) is 4.90 Å². The van der Waals surface area contributed by atoms with E-state index in [0.29, 0.717) is 18.7 Å². The van der Waals surface area contributed by atoms with Crippen LogP contribution in [-0.2, 0) is 16.6 Å². The fraction of sp³-hybridized carbons (Fsp3) is 0.409. The molecule has 1 fully saturated rings. The quantitative estimate of drug-likeness (QED) is 0.678. The molecule has 1 aliphatic heterocycles. The maximum Gasteiger partial charge on any atom is 0.253 e. The normalized spacial score (nSPS) is 15.7. The first-order valence-corrected chi connectivity index (χ1v) is 11.8. The van der Waals surface area contributed by atoms with Crippen LogP contribution in [0.15, 0.2) is 53.4 Å². The van der Waals surface area contributed by atoms with Crippen molar-refractivity contribution in [2.24, 2.45) is 0 Å². The van der Waals surface area contributed by atoms with Gasteiger partial charge >= 0.3 is 0 Å². The molecule has 8 heteroatoms. The number of carbonyl (C=O) groups is 1. The van der Waals surface area contributed by atoms with Crippen LogP contribution in [0.25, 0.3) is 0 Å². The highest BCUT2D eigenvalue weighted by atomic mass is 35.5. The van der Waals surface area contributed by atoms with Crippen LogP contribution in [0, 0.1) is 0 Å². The smallest absolute Gasteiger partial charge is 0.253 e. The molecular weight excluding hydrogens is 422 g/mol. The van der Waals surface area contributed by atoms with Crippen LogP contribution >= 0.6 is 11.6 Å². The summed E-state index contributed by atoms with van der Waals surface area (Å²) in [6, 6.07) is 14.0. The fourth-order valence-corrected chi connectivity index (χ4v) is 4.91. The Morgan fingerprint density at radius 3 is 2.30 bits per heavy atom. The molecule has 0 N–H and O–H groups in total. The van der Waals surface area contributed by atoms with Gasteiger partial charge in [0, 0.05) is 56.4 Å². The van der Waals surface area contributed by atoms with E-state index in [1.807, 2.05) is 38.1 Å². The minimum absolute atomic E-state index is 0.134. The molecule has 0 atom stereocenters. The lowest BCUT2D eigenvalue weighted by Gasteiger charge is -2.35. The molecule has 0 aromatic heterocycles. The number of sulfonamides is 1. The summed E-state index contributed by atoms with van der Waals surface area (Å²) in [5, 5.41) is 0.720. The molecule has 0 aliphatic carbocycles. The Kier molecular flexibility index (Phi) is 7.18. The third-order valence-electron chi connectivity index (χ3n) is 5.46. The van der Waals surface area contributed by atoms with E-state index in [1.165, 1.54) is 22.0 Å². The topological polar surface area (TPSA) is 60.9 Å². The molecule has 1 amide bonds. The van der Waals surface area contributed by atoms with Crippen LogP contribution in [-0.4, -0.2) is 67.7 Å². The number of piperazine rings is 1. The van der Waals surface area contributed by atoms with Gasteiger partial charge in [0.05, 0.1) is 4.90 Å². The van der Waals surface area contributed by atoms with Crippen LogP contribution in [0.5, 0.6) is 0 Å². The Bertz CT molecular complexity index is 985. The maximum absolute atomic E-state index is 13.0. The van der Waals surface area contributed by atoms with E-state index in [-0.39, 0.29) is 16.8 Å². The summed E-state index contributed by atoms with van der Waals surface area (Å²) in [7, 11) is -2.08. The highest BCUT2D eigenvalue weighted by Crippen LogP contribution is 2.20. The Labute approximate surface area is 184 Å². The number of hydrogen-bond acceptors (Lipinski definition) is 4. The van der Waals surface area contributed by atoms with E-state index in [9.17, 15) is 13.2 Å². The number of nitrogens with zero attached hydrogens (tertiary/aromatic N) is 3. The molecule has 6 nitrogen and oxygen atoms in total. The zero-order valence-electron chi connectivity index (χ0n) is 17.6. The van der Waals surface area contributed by atoms with Gasteiger partial charge in [-0.05, 0) is 49.7 Å². The van der Waals surface area contributed by atoms with Crippen molar-refractivity contribution in [3.05, 3.63) is 64.7 Å². The Hall–Kier alpha value is -1.93. The third-order valence-corrected chi connectivity index (χ3v) is 7.75. The highest BCUT2D eigenvalue weighted by Gasteiger charge is 2.26. The fourth-order valence-electron chi connectivity index (χ4n) is 3.37. The summed E-state index contributed by atoms with van der Waals surface area (Å²) in [5.41, 5.74) is 1.59. The van der Waals surface area contributed by atoms with Gasteiger partial charge in [-0.15, -0.1) is 0 Å². The lowest BCUT2D eigenvalue weighted by molar-refractivity contribution is 0.0628. The summed E-state index contributed by atoms with van der Waals surface area (Å²) >= 11 is 5.94. The predicted octanol–water partition coefficient (Wildman–Crippen LogP) is 3.33. The van der Waals surface area contributed by atoms with Gasteiger partial charge < -0.3 is 4.90 Å². The molecule has 0 saturated carbocycles. The summed E-state index contributed by atoms with van der Waals surface area (Å²) in [6.07, 6.45) is 0. The number of rotatable bonds is 6. The molecule has 1 saturated heterocycles. The predicted molar refractivity (Wildman–Crippen MR) is 119 cm³/mol. The number of halogens is 1. The monoisotopic (exact) mass is 449 g/mol. The van der Waals surface area contributed by atoms with Gasteiger partial charge in [0.15, 0.2) is 0 Å². The van der Waals surface area contributed by atoms with Gasteiger partial charge in [-0.1, -0.05) is 29.8 Å². The average molecular weight is 450 g/mol. The van der Waals surface area contributed by atoms with Crippen molar-refractivity contribution >= 4 is 27.5 Å². The highest BCUT2D eigenvalue weighted by molar-refractivity contribution is 7.89. The van der Waals surface area contributed by atoms with Crippen LogP contribution in [0.2, 0.25) is 5.02 Å². The molecule has 0 radical (unpaired) electrons. The van der Waals surface area contributed by atoms with Crippen molar-refractivity contribution in [3.8, 4) is 0 Å². The lowest BCUT2D eigenvalue weighted by atomic mass is 10.1. The van der Waals surface area contributed by atoms with Crippen molar-refractivity contribution in [3.63, 3.8) is 0 Å². The second-order valence-corrected chi connectivity index (χ2v) is 10.3. The minimum Gasteiger partial charge on any atom is -0.336 e. The first kappa shape index (κ1) is 22.7. The van der Waals surface area contributed by atoms with Crippen molar-refractivity contribution in [1.29, 1.82) is 0 Å². The van der Waals surface area contributed by atoms with E-state index in [4.69, 9.17) is 11.6 Å². The first-order chi connectivity index (χ1) is 14.2. The summed E-state index contributed by atoms with van der Waals surface area (Å²) in [6.45, 7) is 7.19. The van der Waals surface area contributed by atoms with Gasteiger partial charge in [0.2, 0.25) is 10.0 Å². The molecule has 0 bridgehead atoms. The number of carbonyl (C=O) groups excluding carboxylic acids is 1. The van der Waals surface area contributed by atoms with Crippen molar-refractivity contribution in [2.75, 3.05) is 33.2 Å². The van der Waals surface area contributed by atoms with Crippen LogP contribution in [0.3, 0.4) is 0 Å². The minimum atomic E-state index is -3.63. The Morgan fingerprint density at radius 1 is 1.07 bits per heavy atom. The molecular formula is C22H28ClN3O3S. The standard InChI is InChI=1S/C22H28ClN3O3S/c1-17(2)24(3)30(28,29)21-6-4-5-19(15-21)22(27)26-13-11-25(12-14-26)16-18-7-9-20(23)10-8-18/h4-10,15,17H,11-14,16H2,1-3H3. The van der Waals surface area contributed by atoms with Gasteiger partial charge in [0.25, 0.3) is 5.91 Å². The van der Waals surface area contributed by atoms with Gasteiger partial charge in [0.1, 0.15) is 0 Å². The van der Waals surface area contributed by atoms with E-state index < -0.39 is 10.0 Å². The molecule has 1 aliphatic rings. The molecule has 2 aromatic carbocycles. The van der Waals surface area contributed by atoms with Crippen molar-refractivity contribution in [2.45, 2.75) is 31.3 Å². The lowest BCUT2D eigenvalue weighted by Crippen LogP contribution is -2.48. The molecule has 162 valence electrons. The number of hydrogen-bond donors (Lipinski definition) is 0. The van der Waals surface area contributed by atoms with Gasteiger partial charge in [-0.2, -0.15) is 4.31 Å². The average Bonchev–Trinajstić information content (AvgIpc) is 2.75. The van der Waals surface area contributed by atoms with Gasteiger partial charge in [-0.25, -0.2) is 8.42 Å². The molecule has 0 spiro atoms. The van der Waals surface area contributed by atoms with E-state index >= 15 is 0 Å². The maximum atomic E-state index is 13.0. The van der Waals surface area contributed by atoms with Crippen LogP contribution in [0.1, 0.15) is 29.8 Å².